The largest absolute Gasteiger partial charge is 0.465 e. The smallest absolute Gasteiger partial charge is 0.407 e. The van der Waals surface area contributed by atoms with Gasteiger partial charge in [-0.1, -0.05) is 24.3 Å². The highest BCUT2D eigenvalue weighted by Crippen LogP contribution is 2.29. The fourth-order valence-corrected chi connectivity index (χ4v) is 3.38. The highest BCUT2D eigenvalue weighted by atomic mass is 16.6. The van der Waals surface area contributed by atoms with Crippen molar-refractivity contribution >= 4 is 17.6 Å². The van der Waals surface area contributed by atoms with Crippen molar-refractivity contribution in [1.82, 2.24) is 14.9 Å². The van der Waals surface area contributed by atoms with Crippen LogP contribution in [0.2, 0.25) is 0 Å². The van der Waals surface area contributed by atoms with Crippen molar-refractivity contribution in [2.75, 3.05) is 25.0 Å². The molecule has 1 fully saturated rings. The maximum atomic E-state index is 11.4. The van der Waals surface area contributed by atoms with Crippen LogP contribution in [-0.4, -0.2) is 50.7 Å². The van der Waals surface area contributed by atoms with E-state index in [-0.39, 0.29) is 29.1 Å². The Morgan fingerprint density at radius 2 is 2.10 bits per heavy atom. The maximum Gasteiger partial charge on any atom is 0.407 e. The number of anilines is 1. The molecular weight excluding hydrogens is 378 g/mol. The molecule has 2 heterocycles. The summed E-state index contributed by atoms with van der Waals surface area (Å²) in [5.74, 6) is 0.301. The number of aryl methyl sites for hydroxylation is 1. The average molecular weight is 401 g/mol. The van der Waals surface area contributed by atoms with Gasteiger partial charge < -0.3 is 20.1 Å². The Hall–Kier alpha value is -3.43. The summed E-state index contributed by atoms with van der Waals surface area (Å²) < 4.78 is 5.28. The van der Waals surface area contributed by atoms with E-state index < -0.39 is 11.0 Å². The Labute approximate surface area is 167 Å². The molecule has 3 rings (SSSR count). The van der Waals surface area contributed by atoms with Gasteiger partial charge in [0.05, 0.1) is 11.5 Å². The highest BCUT2D eigenvalue weighted by Gasteiger charge is 2.27. The van der Waals surface area contributed by atoms with Crippen molar-refractivity contribution in [2.24, 2.45) is 0 Å². The number of nitrogens with one attached hydrogen (secondary N) is 1. The Bertz CT molecular complexity index is 903. The number of aromatic nitrogens is 2. The number of carbonyl (C=O) groups is 1. The zero-order chi connectivity index (χ0) is 21.0. The molecule has 10 nitrogen and oxygen atoms in total. The van der Waals surface area contributed by atoms with Gasteiger partial charge in [0.2, 0.25) is 5.82 Å². The Balaban J connectivity index is 1.70. The van der Waals surface area contributed by atoms with Crippen LogP contribution in [0.15, 0.2) is 24.3 Å². The van der Waals surface area contributed by atoms with Crippen molar-refractivity contribution in [3.63, 3.8) is 0 Å². The zero-order valence-electron chi connectivity index (χ0n) is 16.3. The molecule has 0 radical (unpaired) electrons. The number of benzene rings is 1. The van der Waals surface area contributed by atoms with Gasteiger partial charge in [0.25, 0.3) is 0 Å². The van der Waals surface area contributed by atoms with Crippen LogP contribution in [0.25, 0.3) is 0 Å². The second kappa shape index (κ2) is 8.72. The molecule has 0 bridgehead atoms. The monoisotopic (exact) mass is 401 g/mol. The van der Waals surface area contributed by atoms with Gasteiger partial charge in [0.1, 0.15) is 5.69 Å². The molecule has 29 heavy (non-hydrogen) atoms. The van der Waals surface area contributed by atoms with Crippen molar-refractivity contribution in [1.29, 1.82) is 0 Å². The molecule has 154 valence electrons. The summed E-state index contributed by atoms with van der Waals surface area (Å²) in [6.45, 7) is 5.08. The summed E-state index contributed by atoms with van der Waals surface area (Å²) in [6, 6.07) is 7.89. The molecule has 1 aliphatic rings. The minimum Gasteiger partial charge on any atom is -0.465 e. The normalized spacial score (nSPS) is 15.9. The Morgan fingerprint density at radius 1 is 1.38 bits per heavy atom. The quantitative estimate of drug-likeness (QED) is 0.534. The minimum absolute atomic E-state index is 0.0951. The number of amides is 1. The third kappa shape index (κ3) is 4.71. The second-order valence-electron chi connectivity index (χ2n) is 6.79. The Morgan fingerprint density at radius 3 is 2.69 bits per heavy atom. The van der Waals surface area contributed by atoms with E-state index in [4.69, 9.17) is 9.84 Å². The van der Waals surface area contributed by atoms with Gasteiger partial charge in [-0.25, -0.2) is 4.79 Å². The summed E-state index contributed by atoms with van der Waals surface area (Å²) in [5.41, 5.74) is 2.06. The molecule has 1 saturated heterocycles. The van der Waals surface area contributed by atoms with E-state index in [1.54, 1.807) is 13.8 Å². The molecule has 0 saturated carbocycles. The standard InChI is InChI=1S/C19H23N5O5/c1-3-29-18-21-12(2)16(24(27)28)17(22-18)20-10-13-4-6-14(7-5-13)15-8-9-23(11-15)19(25)26/h4-7,15H,3,8-11H2,1-2H3,(H,25,26)(H,20,21,22). The van der Waals surface area contributed by atoms with Crippen LogP contribution in [0.3, 0.4) is 0 Å². The van der Waals surface area contributed by atoms with Gasteiger partial charge in [-0.3, -0.25) is 10.1 Å². The summed E-state index contributed by atoms with van der Waals surface area (Å²) >= 11 is 0. The van der Waals surface area contributed by atoms with Crippen LogP contribution in [0.4, 0.5) is 16.3 Å². The van der Waals surface area contributed by atoms with E-state index in [1.807, 2.05) is 24.3 Å². The van der Waals surface area contributed by atoms with Gasteiger partial charge in [-0.2, -0.15) is 9.97 Å². The van der Waals surface area contributed by atoms with E-state index in [9.17, 15) is 14.9 Å². The number of nitro groups is 1. The summed E-state index contributed by atoms with van der Waals surface area (Å²) in [7, 11) is 0. The fraction of sp³-hybridized carbons (Fsp3) is 0.421. The lowest BCUT2D eigenvalue weighted by atomic mass is 9.97. The van der Waals surface area contributed by atoms with Crippen molar-refractivity contribution < 1.29 is 19.6 Å². The van der Waals surface area contributed by atoms with Crippen LogP contribution in [0, 0.1) is 17.0 Å². The van der Waals surface area contributed by atoms with E-state index in [1.165, 1.54) is 4.90 Å². The fourth-order valence-electron chi connectivity index (χ4n) is 3.38. The third-order valence-corrected chi connectivity index (χ3v) is 4.86. The lowest BCUT2D eigenvalue weighted by Crippen LogP contribution is -2.26. The van der Waals surface area contributed by atoms with Gasteiger partial charge >= 0.3 is 17.8 Å². The molecular formula is C19H23N5O5. The molecule has 2 aromatic rings. The molecule has 1 aromatic heterocycles. The molecule has 2 N–H and O–H groups in total. The first-order valence-electron chi connectivity index (χ1n) is 9.35. The SMILES string of the molecule is CCOc1nc(C)c([N+](=O)[O-])c(NCc2ccc(C3CCN(C(=O)O)C3)cc2)n1. The summed E-state index contributed by atoms with van der Waals surface area (Å²) in [6.07, 6.45) is -0.0854. The van der Waals surface area contributed by atoms with Crippen molar-refractivity contribution in [3.8, 4) is 6.01 Å². The predicted octanol–water partition coefficient (Wildman–Crippen LogP) is 3.17. The second-order valence-corrected chi connectivity index (χ2v) is 6.79. The number of nitrogens with zero attached hydrogens (tertiary/aromatic N) is 4. The third-order valence-electron chi connectivity index (χ3n) is 4.86. The van der Waals surface area contributed by atoms with Crippen LogP contribution < -0.4 is 10.1 Å². The summed E-state index contributed by atoms with van der Waals surface area (Å²) in [5, 5.41) is 23.5. The number of carboxylic acid groups (broad SMARTS) is 1. The molecule has 1 aliphatic heterocycles. The first-order chi connectivity index (χ1) is 13.9. The number of hydrogen-bond donors (Lipinski definition) is 2. The van der Waals surface area contributed by atoms with Gasteiger partial charge in [-0.15, -0.1) is 0 Å². The van der Waals surface area contributed by atoms with E-state index in [2.05, 4.69) is 15.3 Å². The number of hydrogen-bond acceptors (Lipinski definition) is 7. The van der Waals surface area contributed by atoms with Crippen molar-refractivity contribution in [3.05, 3.63) is 51.2 Å². The molecule has 1 unspecified atom stereocenters. The number of rotatable bonds is 7. The molecule has 0 spiro atoms. The molecule has 10 heteroatoms. The van der Waals surface area contributed by atoms with Gasteiger partial charge in [0, 0.05) is 25.6 Å². The minimum atomic E-state index is -0.888. The molecule has 1 aromatic carbocycles. The molecule has 1 atom stereocenters. The Kier molecular flexibility index (Phi) is 6.10. The van der Waals surface area contributed by atoms with E-state index in [0.717, 1.165) is 17.5 Å². The van der Waals surface area contributed by atoms with Crippen LogP contribution >= 0.6 is 0 Å². The topological polar surface area (TPSA) is 131 Å². The van der Waals surface area contributed by atoms with Crippen LogP contribution in [0.5, 0.6) is 6.01 Å². The molecule has 0 aliphatic carbocycles. The summed E-state index contributed by atoms with van der Waals surface area (Å²) in [4.78, 5) is 31.5. The van der Waals surface area contributed by atoms with E-state index in [0.29, 0.717) is 26.2 Å². The zero-order valence-corrected chi connectivity index (χ0v) is 16.3. The number of likely N-dealkylation sites (tertiary alicyclic amines) is 1. The molecule has 1 amide bonds. The van der Waals surface area contributed by atoms with Crippen LogP contribution in [-0.2, 0) is 6.54 Å². The first-order valence-corrected chi connectivity index (χ1v) is 9.35. The lowest BCUT2D eigenvalue weighted by Gasteiger charge is -2.13. The van der Waals surface area contributed by atoms with Gasteiger partial charge in [-0.05, 0) is 31.4 Å². The van der Waals surface area contributed by atoms with Crippen molar-refractivity contribution in [2.45, 2.75) is 32.7 Å². The maximum absolute atomic E-state index is 11.4. The predicted molar refractivity (Wildman–Crippen MR) is 105 cm³/mol. The highest BCUT2D eigenvalue weighted by molar-refractivity contribution is 5.65. The van der Waals surface area contributed by atoms with Gasteiger partial charge in [0.15, 0.2) is 0 Å². The first kappa shape index (κ1) is 20.3. The van der Waals surface area contributed by atoms with E-state index >= 15 is 0 Å². The number of ether oxygens (including phenoxy) is 1. The van der Waals surface area contributed by atoms with Crippen LogP contribution in [0.1, 0.15) is 36.1 Å². The average Bonchev–Trinajstić information content (AvgIpc) is 3.17. The lowest BCUT2D eigenvalue weighted by molar-refractivity contribution is -0.385.